The minimum absolute atomic E-state index is 0.00254. The molecule has 2 fully saturated rings. The fraction of sp³-hybridized carbons (Fsp3) is 0.524. The third-order valence-electron chi connectivity index (χ3n) is 6.22. The molecular weight excluding hydrogens is 386 g/mol. The highest BCUT2D eigenvalue weighted by atomic mass is 19.4. The molecule has 0 saturated heterocycles. The van der Waals surface area contributed by atoms with Gasteiger partial charge < -0.3 is 5.32 Å². The van der Waals surface area contributed by atoms with Crippen molar-refractivity contribution < 1.29 is 22.4 Å². The van der Waals surface area contributed by atoms with Gasteiger partial charge in [-0.05, 0) is 56.2 Å². The van der Waals surface area contributed by atoms with E-state index in [-0.39, 0.29) is 24.6 Å². The molecular formula is C21H23F4N3O. The molecule has 0 radical (unpaired) electrons. The van der Waals surface area contributed by atoms with Crippen molar-refractivity contribution in [2.45, 2.75) is 64.1 Å². The fourth-order valence-corrected chi connectivity index (χ4v) is 3.95. The molecule has 1 N–H and O–H groups in total. The second kappa shape index (κ2) is 7.15. The van der Waals surface area contributed by atoms with E-state index >= 15 is 0 Å². The van der Waals surface area contributed by atoms with E-state index in [0.717, 1.165) is 36.1 Å². The number of hydrogen-bond acceptors (Lipinski definition) is 2. The van der Waals surface area contributed by atoms with Gasteiger partial charge >= 0.3 is 6.18 Å². The van der Waals surface area contributed by atoms with E-state index in [1.54, 1.807) is 16.8 Å². The van der Waals surface area contributed by atoms with Crippen LogP contribution in [0.1, 0.15) is 61.3 Å². The first-order chi connectivity index (χ1) is 13.7. The summed E-state index contributed by atoms with van der Waals surface area (Å²) in [6.07, 6.45) is -1.91. The van der Waals surface area contributed by atoms with Crippen LogP contribution in [0.25, 0.3) is 0 Å². The van der Waals surface area contributed by atoms with E-state index in [9.17, 15) is 22.4 Å². The Bertz CT molecular complexity index is 909. The van der Waals surface area contributed by atoms with Gasteiger partial charge in [-0.25, -0.2) is 4.39 Å². The lowest BCUT2D eigenvalue weighted by Crippen LogP contribution is -2.30. The molecule has 8 heteroatoms. The van der Waals surface area contributed by atoms with Gasteiger partial charge in [-0.15, -0.1) is 0 Å². The van der Waals surface area contributed by atoms with Crippen LogP contribution in [0, 0.1) is 18.2 Å². The summed E-state index contributed by atoms with van der Waals surface area (Å²) < 4.78 is 54.4. The largest absolute Gasteiger partial charge is 0.395 e. The first-order valence-corrected chi connectivity index (χ1v) is 9.87. The maximum atomic E-state index is 13.2. The van der Waals surface area contributed by atoms with Gasteiger partial charge in [0, 0.05) is 17.7 Å². The van der Waals surface area contributed by atoms with Crippen LogP contribution in [-0.2, 0) is 11.3 Å². The van der Waals surface area contributed by atoms with Gasteiger partial charge in [0.15, 0.2) is 5.82 Å². The Labute approximate surface area is 166 Å². The van der Waals surface area contributed by atoms with Gasteiger partial charge in [-0.2, -0.15) is 18.3 Å². The quantitative estimate of drug-likeness (QED) is 0.657. The van der Waals surface area contributed by atoms with Gasteiger partial charge in [0.05, 0.1) is 12.0 Å². The number of hydrogen-bond donors (Lipinski definition) is 1. The number of alkyl halides is 3. The number of halogens is 4. The fourth-order valence-electron chi connectivity index (χ4n) is 3.95. The summed E-state index contributed by atoms with van der Waals surface area (Å²) in [6.45, 7) is 2.30. The molecule has 0 atom stereocenters. The van der Waals surface area contributed by atoms with Gasteiger partial charge in [-0.1, -0.05) is 18.6 Å². The van der Waals surface area contributed by atoms with E-state index < -0.39 is 23.9 Å². The molecule has 0 spiro atoms. The van der Waals surface area contributed by atoms with Crippen LogP contribution in [0.4, 0.5) is 23.4 Å². The van der Waals surface area contributed by atoms with Crippen LogP contribution in [0.15, 0.2) is 24.3 Å². The Kier molecular flexibility index (Phi) is 4.91. The van der Waals surface area contributed by atoms with Crippen LogP contribution in [0.5, 0.6) is 0 Å². The van der Waals surface area contributed by atoms with Crippen molar-refractivity contribution >= 4 is 11.7 Å². The highest BCUT2D eigenvalue weighted by molar-refractivity contribution is 5.91. The topological polar surface area (TPSA) is 46.9 Å². The molecule has 0 bridgehead atoms. The van der Waals surface area contributed by atoms with Crippen LogP contribution in [-0.4, -0.2) is 21.9 Å². The molecule has 2 saturated carbocycles. The Morgan fingerprint density at radius 3 is 2.41 bits per heavy atom. The molecule has 1 aromatic carbocycles. The average Bonchev–Trinajstić information content (AvgIpc) is 3.33. The molecule has 156 valence electrons. The molecule has 1 aromatic heterocycles. The minimum Gasteiger partial charge on any atom is -0.309 e. The van der Waals surface area contributed by atoms with Crippen LogP contribution in [0.3, 0.4) is 0 Å². The average molecular weight is 409 g/mol. The first-order valence-electron chi connectivity index (χ1n) is 9.87. The number of aromatic nitrogens is 2. The van der Waals surface area contributed by atoms with Crippen molar-refractivity contribution in [3.8, 4) is 0 Å². The highest BCUT2D eigenvalue weighted by Crippen LogP contribution is 2.60. The lowest BCUT2D eigenvalue weighted by atomic mass is 9.79. The van der Waals surface area contributed by atoms with Gasteiger partial charge in [0.1, 0.15) is 5.82 Å². The number of nitrogens with one attached hydrogen (secondary N) is 1. The van der Waals surface area contributed by atoms with Crippen LogP contribution in [0.2, 0.25) is 0 Å². The Morgan fingerprint density at radius 1 is 1.24 bits per heavy atom. The van der Waals surface area contributed by atoms with Crippen molar-refractivity contribution in [1.82, 2.24) is 9.78 Å². The minimum atomic E-state index is -4.36. The Morgan fingerprint density at radius 2 is 1.90 bits per heavy atom. The molecule has 0 unspecified atom stereocenters. The Hall–Kier alpha value is -2.38. The van der Waals surface area contributed by atoms with Crippen molar-refractivity contribution in [2.75, 3.05) is 5.32 Å². The van der Waals surface area contributed by atoms with Crippen LogP contribution < -0.4 is 5.32 Å². The summed E-state index contributed by atoms with van der Waals surface area (Å²) in [6, 6.07) is 6.07. The van der Waals surface area contributed by atoms with Gasteiger partial charge in [0.25, 0.3) is 0 Å². The number of nitrogens with zero attached hydrogens (tertiary/aromatic N) is 2. The molecule has 4 rings (SSSR count). The van der Waals surface area contributed by atoms with Crippen molar-refractivity contribution in [2.24, 2.45) is 5.41 Å². The summed E-state index contributed by atoms with van der Waals surface area (Å²) in [5, 5.41) is 7.15. The molecule has 0 aliphatic heterocycles. The van der Waals surface area contributed by atoms with Crippen molar-refractivity contribution in [3.63, 3.8) is 0 Å². The maximum Gasteiger partial charge on any atom is 0.395 e. The zero-order valence-corrected chi connectivity index (χ0v) is 16.2. The zero-order chi connectivity index (χ0) is 20.8. The lowest BCUT2D eigenvalue weighted by Gasteiger charge is -2.26. The Balaban J connectivity index is 1.55. The maximum absolute atomic E-state index is 13.2. The van der Waals surface area contributed by atoms with Gasteiger partial charge in [0.2, 0.25) is 5.91 Å². The number of amides is 1. The van der Waals surface area contributed by atoms with Crippen molar-refractivity contribution in [3.05, 3.63) is 46.9 Å². The summed E-state index contributed by atoms with van der Waals surface area (Å²) in [4.78, 5) is 12.4. The molecule has 1 amide bonds. The second-order valence-corrected chi connectivity index (χ2v) is 8.26. The summed E-state index contributed by atoms with van der Waals surface area (Å²) in [7, 11) is 0. The number of benzene rings is 1. The van der Waals surface area contributed by atoms with E-state index in [4.69, 9.17) is 0 Å². The molecule has 2 aliphatic carbocycles. The van der Waals surface area contributed by atoms with Gasteiger partial charge in [-0.3, -0.25) is 9.48 Å². The van der Waals surface area contributed by atoms with E-state index in [2.05, 4.69) is 10.4 Å². The monoisotopic (exact) mass is 409 g/mol. The molecule has 2 aromatic rings. The number of carbonyl (C=O) groups is 1. The standard InChI is InChI=1S/C21H23F4N3O/c1-13-18(15-3-2-4-15)19(26-17(29)11-20(9-10-20)21(23,24)25)27-28(13)12-14-5-7-16(22)8-6-14/h5-8,15H,2-4,9-12H2,1H3,(H,26,27,29). The molecule has 1 heterocycles. The lowest BCUT2D eigenvalue weighted by molar-refractivity contribution is -0.189. The molecule has 4 nitrogen and oxygen atoms in total. The number of anilines is 1. The SMILES string of the molecule is Cc1c(C2CCC2)c(NC(=O)CC2(C(F)(F)F)CC2)nn1Cc1ccc(F)cc1. The number of rotatable bonds is 6. The molecule has 2 aliphatic rings. The zero-order valence-electron chi connectivity index (χ0n) is 16.2. The predicted molar refractivity (Wildman–Crippen MR) is 100 cm³/mol. The third-order valence-corrected chi connectivity index (χ3v) is 6.22. The van der Waals surface area contributed by atoms with E-state index in [1.807, 2.05) is 6.92 Å². The van der Waals surface area contributed by atoms with E-state index in [1.165, 1.54) is 12.1 Å². The smallest absolute Gasteiger partial charge is 0.309 e. The predicted octanol–water partition coefficient (Wildman–Crippen LogP) is 5.32. The van der Waals surface area contributed by atoms with Crippen LogP contribution >= 0.6 is 0 Å². The normalized spacial score (nSPS) is 18.4. The highest BCUT2D eigenvalue weighted by Gasteiger charge is 2.63. The summed E-state index contributed by atoms with van der Waals surface area (Å²) in [5.41, 5.74) is 0.762. The molecule has 29 heavy (non-hydrogen) atoms. The second-order valence-electron chi connectivity index (χ2n) is 8.26. The summed E-state index contributed by atoms with van der Waals surface area (Å²) >= 11 is 0. The third kappa shape index (κ3) is 3.89. The van der Waals surface area contributed by atoms with Crippen molar-refractivity contribution in [1.29, 1.82) is 0 Å². The first kappa shape index (κ1) is 19.9. The summed E-state index contributed by atoms with van der Waals surface area (Å²) in [5.74, 6) is -0.360. The van der Waals surface area contributed by atoms with E-state index in [0.29, 0.717) is 12.4 Å². The number of carbonyl (C=O) groups excluding carboxylic acids is 1.